The minimum absolute atomic E-state index is 0.0376. The average Bonchev–Trinajstić information content (AvgIpc) is 3.20. The molecule has 0 bridgehead atoms. The molecule has 2 aromatic carbocycles. The highest BCUT2D eigenvalue weighted by Gasteiger charge is 2.28. The van der Waals surface area contributed by atoms with Crippen molar-refractivity contribution in [3.8, 4) is 11.3 Å². The van der Waals surface area contributed by atoms with Gasteiger partial charge in [0.15, 0.2) is 0 Å². The Morgan fingerprint density at radius 2 is 1.71 bits per heavy atom. The lowest BCUT2D eigenvalue weighted by Gasteiger charge is -2.30. The molecule has 1 unspecified atom stereocenters. The lowest BCUT2D eigenvalue weighted by Crippen LogP contribution is -2.38. The van der Waals surface area contributed by atoms with Gasteiger partial charge in [-0.3, -0.25) is 4.79 Å². The topological polar surface area (TPSA) is 49.6 Å². The number of carbonyl (C=O) groups excluding carboxylic acids is 1. The van der Waals surface area contributed by atoms with Gasteiger partial charge in [0.1, 0.15) is 5.69 Å². The molecule has 1 amide bonds. The minimum Gasteiger partial charge on any atom is -0.341 e. The van der Waals surface area contributed by atoms with Gasteiger partial charge in [0, 0.05) is 35.3 Å². The van der Waals surface area contributed by atoms with Crippen molar-refractivity contribution < 1.29 is 9.32 Å². The van der Waals surface area contributed by atoms with Crippen molar-refractivity contribution in [2.45, 2.75) is 52.7 Å². The molecule has 5 nitrogen and oxygen atoms in total. The third-order valence-corrected chi connectivity index (χ3v) is 5.96. The Labute approximate surface area is 189 Å². The van der Waals surface area contributed by atoms with E-state index in [0.29, 0.717) is 23.0 Å². The Morgan fingerprint density at radius 1 is 1.06 bits per heavy atom. The summed E-state index contributed by atoms with van der Waals surface area (Å²) in [6, 6.07) is 17.2. The van der Waals surface area contributed by atoms with Crippen LogP contribution in [0.4, 0.5) is 5.88 Å². The van der Waals surface area contributed by atoms with Gasteiger partial charge in [-0.1, -0.05) is 54.0 Å². The van der Waals surface area contributed by atoms with Crippen LogP contribution in [0.5, 0.6) is 0 Å². The number of anilines is 1. The third kappa shape index (κ3) is 5.10. The van der Waals surface area contributed by atoms with E-state index in [1.165, 1.54) is 0 Å². The van der Waals surface area contributed by atoms with E-state index in [4.69, 9.17) is 16.1 Å². The SMILES string of the molecule is CCC(C)N(Cc1c(-c2ccccc2)noc1N(C)C(C)C)C(=O)c1ccc(Cl)cc1. The number of carbonyl (C=O) groups is 1. The molecule has 1 atom stereocenters. The van der Waals surface area contributed by atoms with Crippen LogP contribution in [0, 0.1) is 0 Å². The zero-order valence-corrected chi connectivity index (χ0v) is 19.6. The van der Waals surface area contributed by atoms with Gasteiger partial charge in [-0.15, -0.1) is 0 Å². The van der Waals surface area contributed by atoms with Gasteiger partial charge in [0.2, 0.25) is 5.88 Å². The lowest BCUT2D eigenvalue weighted by atomic mass is 10.0. The second-order valence-corrected chi connectivity index (χ2v) is 8.52. The smallest absolute Gasteiger partial charge is 0.254 e. The minimum atomic E-state index is -0.0376. The Bertz CT molecular complexity index is 999. The van der Waals surface area contributed by atoms with Gasteiger partial charge in [0.25, 0.3) is 5.91 Å². The molecule has 31 heavy (non-hydrogen) atoms. The standard InChI is InChI=1S/C25H30ClN3O2/c1-6-18(4)29(24(30)20-12-14-21(26)15-13-20)16-22-23(19-10-8-7-9-11-19)27-31-25(22)28(5)17(2)3/h7-15,17-18H,6,16H2,1-5H3. The van der Waals surface area contributed by atoms with Crippen molar-refractivity contribution in [2.75, 3.05) is 11.9 Å². The van der Waals surface area contributed by atoms with E-state index >= 15 is 0 Å². The number of benzene rings is 2. The maximum Gasteiger partial charge on any atom is 0.254 e. The van der Waals surface area contributed by atoms with Crippen LogP contribution in [0.3, 0.4) is 0 Å². The summed E-state index contributed by atoms with van der Waals surface area (Å²) in [6.07, 6.45) is 0.834. The Kier molecular flexibility index (Phi) is 7.39. The number of nitrogens with zero attached hydrogens (tertiary/aromatic N) is 3. The average molecular weight is 440 g/mol. The zero-order chi connectivity index (χ0) is 22.5. The van der Waals surface area contributed by atoms with Gasteiger partial charge in [0.05, 0.1) is 12.1 Å². The van der Waals surface area contributed by atoms with Crippen LogP contribution >= 0.6 is 11.6 Å². The molecule has 1 heterocycles. The van der Waals surface area contributed by atoms with Crippen molar-refractivity contribution in [3.63, 3.8) is 0 Å². The van der Waals surface area contributed by atoms with Gasteiger partial charge >= 0.3 is 0 Å². The predicted octanol–water partition coefficient (Wildman–Crippen LogP) is 6.28. The highest BCUT2D eigenvalue weighted by Crippen LogP contribution is 2.33. The largest absolute Gasteiger partial charge is 0.341 e. The molecular formula is C25H30ClN3O2. The van der Waals surface area contributed by atoms with Crippen LogP contribution in [0.15, 0.2) is 59.1 Å². The van der Waals surface area contributed by atoms with Crippen LogP contribution < -0.4 is 4.90 Å². The molecule has 0 radical (unpaired) electrons. The van der Waals surface area contributed by atoms with E-state index in [1.807, 2.05) is 42.3 Å². The lowest BCUT2D eigenvalue weighted by molar-refractivity contribution is 0.0672. The molecule has 0 aliphatic carbocycles. The van der Waals surface area contributed by atoms with Gasteiger partial charge in [-0.05, 0) is 51.5 Å². The summed E-state index contributed by atoms with van der Waals surface area (Å²) in [5.41, 5.74) is 3.25. The van der Waals surface area contributed by atoms with Gasteiger partial charge < -0.3 is 14.3 Å². The first-order valence-electron chi connectivity index (χ1n) is 10.7. The van der Waals surface area contributed by atoms with E-state index in [1.54, 1.807) is 24.3 Å². The molecule has 0 fully saturated rings. The van der Waals surface area contributed by atoms with E-state index < -0.39 is 0 Å². The van der Waals surface area contributed by atoms with Crippen molar-refractivity contribution in [3.05, 3.63) is 70.7 Å². The molecule has 0 aliphatic rings. The molecule has 0 saturated heterocycles. The summed E-state index contributed by atoms with van der Waals surface area (Å²) in [4.78, 5) is 17.4. The number of halogens is 1. The Morgan fingerprint density at radius 3 is 2.29 bits per heavy atom. The summed E-state index contributed by atoms with van der Waals surface area (Å²) in [5.74, 6) is 0.649. The van der Waals surface area contributed by atoms with Crippen molar-refractivity contribution in [2.24, 2.45) is 0 Å². The monoisotopic (exact) mass is 439 g/mol. The van der Waals surface area contributed by atoms with Crippen LogP contribution in [0.1, 0.15) is 50.0 Å². The predicted molar refractivity (Wildman–Crippen MR) is 127 cm³/mol. The molecule has 3 aromatic rings. The Balaban J connectivity index is 2.06. The van der Waals surface area contributed by atoms with E-state index in [9.17, 15) is 4.79 Å². The summed E-state index contributed by atoms with van der Waals surface area (Å²) in [5, 5.41) is 5.01. The van der Waals surface area contributed by atoms with Crippen molar-refractivity contribution in [1.82, 2.24) is 10.1 Å². The molecule has 0 spiro atoms. The van der Waals surface area contributed by atoms with Crippen LogP contribution in [-0.4, -0.2) is 35.1 Å². The van der Waals surface area contributed by atoms with E-state index in [2.05, 4.69) is 37.8 Å². The quantitative estimate of drug-likeness (QED) is 0.414. The number of hydrogen-bond acceptors (Lipinski definition) is 4. The van der Waals surface area contributed by atoms with Gasteiger partial charge in [-0.25, -0.2) is 0 Å². The normalized spacial score (nSPS) is 12.1. The highest BCUT2D eigenvalue weighted by atomic mass is 35.5. The van der Waals surface area contributed by atoms with E-state index in [0.717, 1.165) is 23.2 Å². The molecule has 0 aliphatic heterocycles. The number of hydrogen-bond donors (Lipinski definition) is 0. The van der Waals surface area contributed by atoms with Crippen LogP contribution in [0.25, 0.3) is 11.3 Å². The molecule has 6 heteroatoms. The maximum atomic E-state index is 13.5. The van der Waals surface area contributed by atoms with E-state index in [-0.39, 0.29) is 18.0 Å². The summed E-state index contributed by atoms with van der Waals surface area (Å²) in [6.45, 7) is 8.74. The van der Waals surface area contributed by atoms with Crippen molar-refractivity contribution in [1.29, 1.82) is 0 Å². The zero-order valence-electron chi connectivity index (χ0n) is 18.8. The number of rotatable bonds is 8. The second kappa shape index (κ2) is 10.0. The van der Waals surface area contributed by atoms with Crippen molar-refractivity contribution >= 4 is 23.4 Å². The fourth-order valence-electron chi connectivity index (χ4n) is 3.35. The second-order valence-electron chi connectivity index (χ2n) is 8.08. The fraction of sp³-hybridized carbons (Fsp3) is 0.360. The van der Waals surface area contributed by atoms with Crippen LogP contribution in [-0.2, 0) is 6.54 Å². The molecule has 1 aromatic heterocycles. The fourth-order valence-corrected chi connectivity index (χ4v) is 3.48. The first kappa shape index (κ1) is 22.9. The molecule has 164 valence electrons. The third-order valence-electron chi connectivity index (χ3n) is 5.71. The molecule has 0 N–H and O–H groups in total. The highest BCUT2D eigenvalue weighted by molar-refractivity contribution is 6.30. The summed E-state index contributed by atoms with van der Waals surface area (Å²) < 4.78 is 5.81. The Hall–Kier alpha value is -2.79. The molecule has 3 rings (SSSR count). The summed E-state index contributed by atoms with van der Waals surface area (Å²) >= 11 is 6.02. The molecular weight excluding hydrogens is 410 g/mol. The van der Waals surface area contributed by atoms with Gasteiger partial charge in [-0.2, -0.15) is 0 Å². The first-order chi connectivity index (χ1) is 14.8. The first-order valence-corrected chi connectivity index (χ1v) is 11.0. The maximum absolute atomic E-state index is 13.5. The summed E-state index contributed by atoms with van der Waals surface area (Å²) in [7, 11) is 1.98. The molecule has 0 saturated carbocycles. The number of aromatic nitrogens is 1. The van der Waals surface area contributed by atoms with Crippen LogP contribution in [0.2, 0.25) is 5.02 Å². The number of amides is 1.